The van der Waals surface area contributed by atoms with Gasteiger partial charge in [0.2, 0.25) is 0 Å². The van der Waals surface area contributed by atoms with Gasteiger partial charge in [0.15, 0.2) is 0 Å². The monoisotopic (exact) mass is 388 g/mol. The first-order chi connectivity index (χ1) is 9.66. The molecule has 1 atom stereocenters. The Morgan fingerprint density at radius 3 is 2.30 bits per heavy atom. The molecule has 3 heteroatoms. The molecule has 0 aromatic heterocycles. The Kier molecular flexibility index (Phi) is 6.30. The quantitative estimate of drug-likeness (QED) is 0.601. The molecule has 0 radical (unpaired) electrons. The van der Waals surface area contributed by atoms with Gasteiger partial charge in [0.05, 0.1) is 11.7 Å². The fourth-order valence-corrected chi connectivity index (χ4v) is 3.58. The van der Waals surface area contributed by atoms with E-state index >= 15 is 0 Å². The maximum atomic E-state index is 10.8. The van der Waals surface area contributed by atoms with Crippen LogP contribution in [0.2, 0.25) is 0 Å². The van der Waals surface area contributed by atoms with Crippen LogP contribution < -0.4 is 0 Å². The lowest BCUT2D eigenvalue weighted by molar-refractivity contribution is -0.128. The lowest BCUT2D eigenvalue weighted by Gasteiger charge is -2.37. The van der Waals surface area contributed by atoms with E-state index in [-0.39, 0.29) is 5.60 Å². The second-order valence-corrected chi connectivity index (χ2v) is 7.00. The van der Waals surface area contributed by atoms with Crippen molar-refractivity contribution >= 4 is 22.6 Å². The number of halogens is 1. The first-order valence-electron chi connectivity index (χ1n) is 7.73. The summed E-state index contributed by atoms with van der Waals surface area (Å²) in [5, 5.41) is 10.8. The minimum Gasteiger partial charge on any atom is -0.390 e. The third-order valence-corrected chi connectivity index (χ3v) is 5.05. The number of aliphatic hydroxyl groups excluding tert-OH is 1. The summed E-state index contributed by atoms with van der Waals surface area (Å²) in [4.78, 5) is 0. The second-order valence-electron chi connectivity index (χ2n) is 5.76. The van der Waals surface area contributed by atoms with E-state index in [1.54, 1.807) is 0 Å². The van der Waals surface area contributed by atoms with Crippen LogP contribution in [0, 0.1) is 3.57 Å². The zero-order valence-electron chi connectivity index (χ0n) is 12.3. The molecule has 1 aromatic rings. The molecular formula is C17H25IO2. The summed E-state index contributed by atoms with van der Waals surface area (Å²) in [6.07, 6.45) is 7.15. The molecule has 0 spiro atoms. The van der Waals surface area contributed by atoms with Crippen molar-refractivity contribution in [2.24, 2.45) is 0 Å². The first-order valence-corrected chi connectivity index (χ1v) is 8.80. The largest absolute Gasteiger partial charge is 0.390 e. The average molecular weight is 388 g/mol. The van der Waals surface area contributed by atoms with Gasteiger partial charge >= 0.3 is 0 Å². The maximum absolute atomic E-state index is 10.8. The van der Waals surface area contributed by atoms with Gasteiger partial charge in [0.1, 0.15) is 0 Å². The van der Waals surface area contributed by atoms with Gasteiger partial charge in [-0.2, -0.15) is 0 Å². The van der Waals surface area contributed by atoms with Crippen molar-refractivity contribution in [3.8, 4) is 0 Å². The van der Waals surface area contributed by atoms with Crippen molar-refractivity contribution in [2.45, 2.75) is 63.6 Å². The molecule has 0 saturated heterocycles. The highest BCUT2D eigenvalue weighted by atomic mass is 127. The van der Waals surface area contributed by atoms with Crippen molar-refractivity contribution in [3.63, 3.8) is 0 Å². The summed E-state index contributed by atoms with van der Waals surface area (Å²) >= 11 is 2.31. The summed E-state index contributed by atoms with van der Waals surface area (Å²) in [5.41, 5.74) is 0.870. The van der Waals surface area contributed by atoms with Gasteiger partial charge < -0.3 is 9.84 Å². The van der Waals surface area contributed by atoms with Gasteiger partial charge in [-0.25, -0.2) is 0 Å². The highest BCUT2D eigenvalue weighted by Crippen LogP contribution is 2.34. The van der Waals surface area contributed by atoms with Crippen LogP contribution >= 0.6 is 22.6 Å². The topological polar surface area (TPSA) is 29.5 Å². The Labute approximate surface area is 136 Å². The predicted molar refractivity (Wildman–Crippen MR) is 90.9 cm³/mol. The molecule has 1 saturated carbocycles. The third-order valence-electron chi connectivity index (χ3n) is 4.33. The van der Waals surface area contributed by atoms with Crippen LogP contribution in [0.15, 0.2) is 24.3 Å². The van der Waals surface area contributed by atoms with E-state index in [9.17, 15) is 5.11 Å². The van der Waals surface area contributed by atoms with Crippen LogP contribution in [0.4, 0.5) is 0 Å². The Morgan fingerprint density at radius 1 is 1.15 bits per heavy atom. The SMILES string of the molecule is CCOC1(C(O)Cc2ccc(I)cc2)CCCCCC1. The molecule has 0 bridgehead atoms. The Morgan fingerprint density at radius 2 is 1.75 bits per heavy atom. The van der Waals surface area contributed by atoms with Crippen molar-refractivity contribution in [1.82, 2.24) is 0 Å². The molecule has 1 N–H and O–H groups in total. The Hall–Kier alpha value is -0.130. The third kappa shape index (κ3) is 4.18. The first kappa shape index (κ1) is 16.2. The fraction of sp³-hybridized carbons (Fsp3) is 0.647. The zero-order chi connectivity index (χ0) is 14.4. The van der Waals surface area contributed by atoms with Gasteiger partial charge in [0.25, 0.3) is 0 Å². The summed E-state index contributed by atoms with van der Waals surface area (Å²) in [5.74, 6) is 0. The molecule has 0 heterocycles. The van der Waals surface area contributed by atoms with E-state index in [1.807, 2.05) is 6.92 Å². The lowest BCUT2D eigenvalue weighted by atomic mass is 9.84. The van der Waals surface area contributed by atoms with Gasteiger partial charge in [0, 0.05) is 16.6 Å². The molecule has 1 unspecified atom stereocenters. The standard InChI is InChI=1S/C17H25IO2/c1-2-20-17(11-5-3-4-6-12-17)16(19)13-14-7-9-15(18)10-8-14/h7-10,16,19H,2-6,11-13H2,1H3. The minimum atomic E-state index is -0.402. The summed E-state index contributed by atoms with van der Waals surface area (Å²) in [7, 11) is 0. The van der Waals surface area contributed by atoms with Gasteiger partial charge in [-0.05, 0) is 60.1 Å². The molecule has 1 aliphatic rings. The van der Waals surface area contributed by atoms with Crippen molar-refractivity contribution < 1.29 is 9.84 Å². The lowest BCUT2D eigenvalue weighted by Crippen LogP contribution is -2.46. The van der Waals surface area contributed by atoms with Crippen LogP contribution in [0.3, 0.4) is 0 Å². The molecule has 2 nitrogen and oxygen atoms in total. The summed E-state index contributed by atoms with van der Waals surface area (Å²) < 4.78 is 7.29. The van der Waals surface area contributed by atoms with Crippen molar-refractivity contribution in [1.29, 1.82) is 0 Å². The van der Waals surface area contributed by atoms with E-state index in [0.717, 1.165) is 12.8 Å². The van der Waals surface area contributed by atoms with Gasteiger partial charge in [-0.1, -0.05) is 37.8 Å². The molecule has 2 rings (SSSR count). The van der Waals surface area contributed by atoms with E-state index in [2.05, 4.69) is 46.9 Å². The smallest absolute Gasteiger partial charge is 0.0943 e. The number of benzene rings is 1. The molecule has 20 heavy (non-hydrogen) atoms. The molecule has 112 valence electrons. The van der Waals surface area contributed by atoms with Crippen LogP contribution in [-0.2, 0) is 11.2 Å². The van der Waals surface area contributed by atoms with Crippen LogP contribution in [-0.4, -0.2) is 23.4 Å². The number of aliphatic hydroxyl groups is 1. The minimum absolute atomic E-state index is 0.325. The number of rotatable bonds is 5. The highest BCUT2D eigenvalue weighted by molar-refractivity contribution is 14.1. The van der Waals surface area contributed by atoms with E-state index < -0.39 is 6.10 Å². The van der Waals surface area contributed by atoms with Crippen LogP contribution in [0.1, 0.15) is 51.0 Å². The average Bonchev–Trinajstić information content (AvgIpc) is 2.68. The van der Waals surface area contributed by atoms with Crippen LogP contribution in [0.5, 0.6) is 0 Å². The molecule has 0 aliphatic heterocycles. The summed E-state index contributed by atoms with van der Waals surface area (Å²) in [6.45, 7) is 2.72. The second kappa shape index (κ2) is 7.76. The van der Waals surface area contributed by atoms with E-state index in [0.29, 0.717) is 13.0 Å². The fourth-order valence-electron chi connectivity index (χ4n) is 3.22. The number of hydrogen-bond donors (Lipinski definition) is 1. The Balaban J connectivity index is 2.09. The molecule has 1 aromatic carbocycles. The number of ether oxygens (including phenoxy) is 1. The van der Waals surface area contributed by atoms with Gasteiger partial charge in [-0.15, -0.1) is 0 Å². The summed E-state index contributed by atoms with van der Waals surface area (Å²) in [6, 6.07) is 8.43. The zero-order valence-corrected chi connectivity index (χ0v) is 14.4. The van der Waals surface area contributed by atoms with Gasteiger partial charge in [-0.3, -0.25) is 0 Å². The molecule has 1 aliphatic carbocycles. The Bertz CT molecular complexity index is 394. The highest BCUT2D eigenvalue weighted by Gasteiger charge is 2.38. The van der Waals surface area contributed by atoms with Crippen molar-refractivity contribution in [3.05, 3.63) is 33.4 Å². The molecule has 0 amide bonds. The number of hydrogen-bond acceptors (Lipinski definition) is 2. The van der Waals surface area contributed by atoms with E-state index in [4.69, 9.17) is 4.74 Å². The maximum Gasteiger partial charge on any atom is 0.0943 e. The van der Waals surface area contributed by atoms with Crippen molar-refractivity contribution in [2.75, 3.05) is 6.61 Å². The predicted octanol–water partition coefficient (Wildman–Crippen LogP) is 4.32. The normalized spacial score (nSPS) is 20.4. The van der Waals surface area contributed by atoms with E-state index in [1.165, 1.54) is 34.8 Å². The molecular weight excluding hydrogens is 363 g/mol. The van der Waals surface area contributed by atoms with Crippen LogP contribution in [0.25, 0.3) is 0 Å². The molecule has 1 fully saturated rings.